The minimum atomic E-state index is -3.81. The lowest BCUT2D eigenvalue weighted by molar-refractivity contribution is 0.0661. The summed E-state index contributed by atoms with van der Waals surface area (Å²) in [6.45, 7) is 8.24. The molecule has 0 aromatic carbocycles. The van der Waals surface area contributed by atoms with E-state index in [0.717, 1.165) is 6.07 Å². The van der Waals surface area contributed by atoms with Gasteiger partial charge in [0.1, 0.15) is 4.90 Å². The van der Waals surface area contributed by atoms with Gasteiger partial charge in [-0.3, -0.25) is 0 Å². The van der Waals surface area contributed by atoms with Crippen molar-refractivity contribution in [3.05, 3.63) is 16.5 Å². The van der Waals surface area contributed by atoms with Crippen LogP contribution in [0, 0.1) is 11.3 Å². The van der Waals surface area contributed by atoms with Crippen LogP contribution < -0.4 is 4.72 Å². The summed E-state index contributed by atoms with van der Waals surface area (Å²) in [5.74, 6) is -1.64. The number of carbonyl (C=O) groups is 1. The van der Waals surface area contributed by atoms with Crippen LogP contribution in [0.4, 0.5) is 0 Å². The molecule has 1 aromatic rings. The summed E-state index contributed by atoms with van der Waals surface area (Å²) in [5, 5.41) is 8.78. The number of carboxylic acid groups (broad SMARTS) is 1. The Morgan fingerprint density at radius 2 is 2.05 bits per heavy atom. The topological polar surface area (TPSA) is 96.6 Å². The van der Waals surface area contributed by atoms with Gasteiger partial charge in [0.05, 0.1) is 0 Å². The molecule has 2 N–H and O–H groups in total. The van der Waals surface area contributed by atoms with Crippen LogP contribution in [0.2, 0.25) is 0 Å². The van der Waals surface area contributed by atoms with Crippen LogP contribution in [-0.4, -0.2) is 26.0 Å². The Kier molecular flexibility index (Phi) is 5.04. The second kappa shape index (κ2) is 5.87. The number of nitrogens with one attached hydrogen (secondary N) is 1. The number of carboxylic acids is 1. The third-order valence-electron chi connectivity index (χ3n) is 3.21. The molecule has 0 saturated carbocycles. The Morgan fingerprint density at radius 1 is 1.50 bits per heavy atom. The molecule has 20 heavy (non-hydrogen) atoms. The predicted octanol–water partition coefficient (Wildman–Crippen LogP) is 2.70. The molecule has 6 nitrogen and oxygen atoms in total. The van der Waals surface area contributed by atoms with Crippen LogP contribution in [0.3, 0.4) is 0 Å². The van der Waals surface area contributed by atoms with Gasteiger partial charge in [-0.2, -0.15) is 0 Å². The van der Waals surface area contributed by atoms with Crippen molar-refractivity contribution in [2.45, 2.75) is 32.6 Å². The fraction of sp³-hybridized carbons (Fsp3) is 0.583. The van der Waals surface area contributed by atoms with E-state index in [1.54, 1.807) is 0 Å². The normalized spacial score (nSPS) is 14.2. The molecule has 0 spiro atoms. The molecule has 0 bridgehead atoms. The molecule has 1 rings (SSSR count). The lowest BCUT2D eigenvalue weighted by Crippen LogP contribution is -2.33. The van der Waals surface area contributed by atoms with Crippen LogP contribution in [0.15, 0.2) is 20.0 Å². The second-order valence-corrected chi connectivity index (χ2v) is 8.13. The van der Waals surface area contributed by atoms with Crippen molar-refractivity contribution in [2.24, 2.45) is 11.3 Å². The number of furan rings is 1. The van der Waals surface area contributed by atoms with E-state index in [1.807, 2.05) is 27.7 Å². The maximum Gasteiger partial charge on any atom is 0.371 e. The summed E-state index contributed by atoms with van der Waals surface area (Å²) in [4.78, 5) is 10.5. The average Bonchev–Trinajstić information content (AvgIpc) is 2.68. The number of sulfonamides is 1. The lowest BCUT2D eigenvalue weighted by Gasteiger charge is -2.27. The first-order valence-corrected chi connectivity index (χ1v) is 8.25. The highest BCUT2D eigenvalue weighted by Crippen LogP contribution is 2.28. The molecule has 8 heteroatoms. The van der Waals surface area contributed by atoms with E-state index in [-0.39, 0.29) is 27.4 Å². The van der Waals surface area contributed by atoms with Gasteiger partial charge in [0.15, 0.2) is 4.67 Å². The van der Waals surface area contributed by atoms with Gasteiger partial charge in [-0.15, -0.1) is 0 Å². The highest BCUT2D eigenvalue weighted by atomic mass is 79.9. The molecule has 0 aliphatic carbocycles. The summed E-state index contributed by atoms with van der Waals surface area (Å²) < 4.78 is 31.4. The number of hydrogen-bond donors (Lipinski definition) is 2. The summed E-state index contributed by atoms with van der Waals surface area (Å²) in [5.41, 5.74) is -0.0393. The standard InChI is InChI=1S/C12H18BrNO5S/c1-7(12(2,3)4)6-14-20(17,18)9-5-8(11(15)16)19-10(9)13/h5,7,14H,6H2,1-4H3,(H,15,16). The Labute approximate surface area is 126 Å². The van der Waals surface area contributed by atoms with E-state index in [0.29, 0.717) is 0 Å². The molecule has 1 aromatic heterocycles. The molecular weight excluding hydrogens is 350 g/mol. The summed E-state index contributed by atoms with van der Waals surface area (Å²) in [7, 11) is -3.81. The van der Waals surface area contributed by atoms with Crippen molar-refractivity contribution in [3.8, 4) is 0 Å². The van der Waals surface area contributed by atoms with Gasteiger partial charge in [0.25, 0.3) is 0 Å². The Bertz CT molecular complexity index is 600. The van der Waals surface area contributed by atoms with Crippen molar-refractivity contribution in [1.29, 1.82) is 0 Å². The predicted molar refractivity (Wildman–Crippen MR) is 77.2 cm³/mol. The van der Waals surface area contributed by atoms with Crippen molar-refractivity contribution in [2.75, 3.05) is 6.54 Å². The first kappa shape index (κ1) is 17.2. The van der Waals surface area contributed by atoms with Gasteiger partial charge in [-0.05, 0) is 27.3 Å². The fourth-order valence-electron chi connectivity index (χ4n) is 1.26. The van der Waals surface area contributed by atoms with Gasteiger partial charge in [-0.25, -0.2) is 17.9 Å². The number of halogens is 1. The Hall–Kier alpha value is -0.860. The summed E-state index contributed by atoms with van der Waals surface area (Å²) in [6.07, 6.45) is 0. The van der Waals surface area contributed by atoms with Crippen LogP contribution in [-0.2, 0) is 10.0 Å². The van der Waals surface area contributed by atoms with Crippen molar-refractivity contribution in [3.63, 3.8) is 0 Å². The SMILES string of the molecule is CC(CNS(=O)(=O)c1cc(C(=O)O)oc1Br)C(C)(C)C. The summed E-state index contributed by atoms with van der Waals surface area (Å²) in [6, 6.07) is 0.983. The Balaban J connectivity index is 2.92. The number of hydrogen-bond acceptors (Lipinski definition) is 4. The van der Waals surface area contributed by atoms with Crippen LogP contribution in [0.25, 0.3) is 0 Å². The minimum Gasteiger partial charge on any atom is -0.475 e. The second-order valence-electron chi connectivity index (χ2n) is 5.67. The zero-order chi connectivity index (χ0) is 15.7. The molecule has 1 unspecified atom stereocenters. The molecule has 0 radical (unpaired) electrons. The van der Waals surface area contributed by atoms with Crippen molar-refractivity contribution >= 4 is 31.9 Å². The van der Waals surface area contributed by atoms with E-state index >= 15 is 0 Å². The van der Waals surface area contributed by atoms with E-state index in [9.17, 15) is 13.2 Å². The third-order valence-corrected chi connectivity index (χ3v) is 5.49. The van der Waals surface area contributed by atoms with Gasteiger partial charge < -0.3 is 9.52 Å². The molecule has 114 valence electrons. The van der Waals surface area contributed by atoms with E-state index in [2.05, 4.69) is 20.7 Å². The molecule has 1 atom stereocenters. The van der Waals surface area contributed by atoms with E-state index in [4.69, 9.17) is 9.52 Å². The molecule has 1 heterocycles. The zero-order valence-electron chi connectivity index (χ0n) is 11.7. The zero-order valence-corrected chi connectivity index (χ0v) is 14.1. The maximum absolute atomic E-state index is 12.1. The van der Waals surface area contributed by atoms with E-state index in [1.165, 1.54) is 0 Å². The van der Waals surface area contributed by atoms with Gasteiger partial charge in [0.2, 0.25) is 15.8 Å². The molecule has 0 aliphatic rings. The molecular formula is C12H18BrNO5S. The fourth-order valence-corrected chi connectivity index (χ4v) is 3.33. The first-order valence-electron chi connectivity index (χ1n) is 5.97. The van der Waals surface area contributed by atoms with Crippen molar-refractivity contribution < 1.29 is 22.7 Å². The molecule has 0 fully saturated rings. The average molecular weight is 368 g/mol. The minimum absolute atomic E-state index is 0.0393. The monoisotopic (exact) mass is 367 g/mol. The van der Waals surface area contributed by atoms with Crippen LogP contribution >= 0.6 is 15.9 Å². The van der Waals surface area contributed by atoms with E-state index < -0.39 is 21.8 Å². The van der Waals surface area contributed by atoms with Crippen molar-refractivity contribution in [1.82, 2.24) is 4.72 Å². The molecule has 0 amide bonds. The highest BCUT2D eigenvalue weighted by molar-refractivity contribution is 9.10. The summed E-state index contributed by atoms with van der Waals surface area (Å²) >= 11 is 2.92. The number of aromatic carboxylic acids is 1. The molecule has 0 aliphatic heterocycles. The van der Waals surface area contributed by atoms with Gasteiger partial charge in [0, 0.05) is 12.6 Å². The quantitative estimate of drug-likeness (QED) is 0.833. The smallest absolute Gasteiger partial charge is 0.371 e. The Morgan fingerprint density at radius 3 is 2.45 bits per heavy atom. The maximum atomic E-state index is 12.1. The van der Waals surface area contributed by atoms with Gasteiger partial charge >= 0.3 is 5.97 Å². The first-order chi connectivity index (χ1) is 8.95. The van der Waals surface area contributed by atoms with Gasteiger partial charge in [-0.1, -0.05) is 27.7 Å². The molecule has 0 saturated heterocycles. The highest BCUT2D eigenvalue weighted by Gasteiger charge is 2.27. The number of rotatable bonds is 5. The van der Waals surface area contributed by atoms with Crippen LogP contribution in [0.5, 0.6) is 0 Å². The lowest BCUT2D eigenvalue weighted by atomic mass is 9.82. The van der Waals surface area contributed by atoms with Crippen LogP contribution in [0.1, 0.15) is 38.2 Å². The third kappa shape index (κ3) is 4.07. The largest absolute Gasteiger partial charge is 0.475 e.